The summed E-state index contributed by atoms with van der Waals surface area (Å²) in [6.45, 7) is 14.0. The molecule has 2 heterocycles. The predicted octanol–water partition coefficient (Wildman–Crippen LogP) is 21.3. The van der Waals surface area contributed by atoms with Crippen molar-refractivity contribution in [3.8, 4) is 56.6 Å². The number of benzene rings is 12. The zero-order valence-electron chi connectivity index (χ0n) is 55.7. The van der Waals surface area contributed by atoms with Crippen LogP contribution >= 0.6 is 0 Å². The molecule has 2 radical (unpaired) electrons. The first-order valence-corrected chi connectivity index (χ1v) is 31.7. The van der Waals surface area contributed by atoms with Gasteiger partial charge in [-0.1, -0.05) is 217 Å². The fraction of sp³-hybridized carbons (Fsp3) is 0.140. The summed E-state index contributed by atoms with van der Waals surface area (Å²) in [5.41, 5.74) is 23.5. The molecule has 0 spiro atoms. The molecule has 0 unspecified atom stereocenters. The minimum absolute atomic E-state index is 0. The van der Waals surface area contributed by atoms with E-state index in [4.69, 9.17) is 10.6 Å². The number of phenols is 4. The van der Waals surface area contributed by atoms with E-state index in [0.717, 1.165) is 111 Å². The largest absolute Gasteiger partial charge is 0.654 e. The number of hydrogen-bond acceptors (Lipinski definition) is 4. The molecule has 0 bridgehead atoms. The van der Waals surface area contributed by atoms with Crippen molar-refractivity contribution in [3.63, 3.8) is 0 Å². The topological polar surface area (TPSA) is 119 Å². The number of phenolic OH excluding ortho intramolecular Hbond substituents is 4. The molecule has 2 aromatic heterocycles. The monoisotopic (exact) mass is 1410 g/mol. The number of aromatic nitrogens is 2. The fourth-order valence-corrected chi connectivity index (χ4v) is 15.4. The zero-order chi connectivity index (χ0) is 63.2. The summed E-state index contributed by atoms with van der Waals surface area (Å²) in [5, 5.41) is 61.5. The summed E-state index contributed by atoms with van der Waals surface area (Å²) in [4.78, 5) is 0. The normalized spacial score (nSPS) is 12.7. The first kappa shape index (κ1) is 68.9. The Balaban J connectivity index is 0.000000187. The molecule has 0 aliphatic heterocycles. The third kappa shape index (κ3) is 11.4. The first-order valence-electron chi connectivity index (χ1n) is 31.7. The van der Waals surface area contributed by atoms with E-state index < -0.39 is 10.8 Å². The van der Waals surface area contributed by atoms with Crippen LogP contribution in [0.3, 0.4) is 0 Å². The van der Waals surface area contributed by atoms with E-state index in [2.05, 4.69) is 195 Å². The van der Waals surface area contributed by atoms with Crippen LogP contribution in [0.4, 0.5) is 0 Å². The number of aromatic hydroxyl groups is 4. The van der Waals surface area contributed by atoms with Crippen LogP contribution in [0, 0.1) is 42.5 Å². The van der Waals surface area contributed by atoms with Crippen LogP contribution in [-0.2, 0) is 102 Å². The van der Waals surface area contributed by atoms with E-state index >= 15 is 0 Å². The van der Waals surface area contributed by atoms with Crippen LogP contribution in [0.15, 0.2) is 243 Å². The Kier molecular flexibility index (Phi) is 19.8. The Hall–Kier alpha value is -8.43. The van der Waals surface area contributed by atoms with E-state index in [1.54, 1.807) is 0 Å². The van der Waals surface area contributed by atoms with Gasteiger partial charge in [0.25, 0.3) is 0 Å². The molecule has 12 aromatic carbocycles. The molecule has 4 N–H and O–H groups in total. The SMILES string of the molecule is Cc1cc(C[N-]Cc2cc(C)cc(-n3c4ccccc4c4ccccc43)c2O)c(O)c(-n2c3ccccc3c3ccccc32)c1.Cc1cc(C[N-]Cc2cc(C)cc(C3(C)c4ccccc4-c4ccccc43)c2O)c(O)c(C2(C)c3ccccc3-c3ccccc32)c1.[CH3-].[CH3-].[Y].[Y]. The van der Waals surface area contributed by atoms with E-state index in [-0.39, 0.29) is 103 Å². The summed E-state index contributed by atoms with van der Waals surface area (Å²) in [6, 6.07) is 83.6. The molecule has 0 saturated heterocycles. The Morgan fingerprint density at radius 1 is 0.292 bits per heavy atom. The third-order valence-electron chi connectivity index (χ3n) is 19.6. The molecule has 0 saturated carbocycles. The van der Waals surface area contributed by atoms with Gasteiger partial charge in [-0.05, 0) is 156 Å². The molecule has 14 aromatic rings. The molecule has 0 atom stereocenters. The Morgan fingerprint density at radius 2 is 0.521 bits per heavy atom. The van der Waals surface area contributed by atoms with Gasteiger partial charge in [0.1, 0.15) is 23.0 Å². The molecule has 8 nitrogen and oxygen atoms in total. The number of aryl methyl sites for hydroxylation is 4. The van der Waals surface area contributed by atoms with Crippen LogP contribution in [0.5, 0.6) is 23.0 Å². The molecule has 96 heavy (non-hydrogen) atoms. The number of hydrogen-bond donors (Lipinski definition) is 4. The minimum atomic E-state index is -0.495. The quantitative estimate of drug-likeness (QED) is 0.0911. The van der Waals surface area contributed by atoms with Gasteiger partial charge in [0.15, 0.2) is 0 Å². The van der Waals surface area contributed by atoms with Crippen molar-refractivity contribution in [1.29, 1.82) is 0 Å². The average molecular weight is 1410 g/mol. The molecule has 0 fully saturated rings. The maximum Gasteiger partial charge on any atom is 0.141 e. The predicted molar refractivity (Wildman–Crippen MR) is 389 cm³/mol. The number of rotatable bonds is 12. The summed E-state index contributed by atoms with van der Waals surface area (Å²) in [6.07, 6.45) is 0. The number of para-hydroxylation sites is 4. The first-order chi connectivity index (χ1) is 44.7. The van der Waals surface area contributed by atoms with Crippen molar-refractivity contribution in [2.45, 2.75) is 78.6 Å². The van der Waals surface area contributed by atoms with Gasteiger partial charge < -0.3 is 55.0 Å². The van der Waals surface area contributed by atoms with Gasteiger partial charge in [0, 0.05) is 109 Å². The van der Waals surface area contributed by atoms with E-state index in [9.17, 15) is 20.4 Å². The Labute approximate surface area is 614 Å². The van der Waals surface area contributed by atoms with E-state index in [1.165, 1.54) is 44.5 Å². The van der Waals surface area contributed by atoms with Gasteiger partial charge in [-0.2, -0.15) is 0 Å². The van der Waals surface area contributed by atoms with Crippen molar-refractivity contribution in [3.05, 3.63) is 346 Å². The molecule has 2 aliphatic carbocycles. The molecule has 474 valence electrons. The molecular weight excluding hydrogens is 1330 g/mol. The molecule has 16 rings (SSSR count). The van der Waals surface area contributed by atoms with Crippen molar-refractivity contribution < 1.29 is 85.8 Å². The van der Waals surface area contributed by atoms with Crippen molar-refractivity contribution >= 4 is 43.6 Å². The second-order valence-electron chi connectivity index (χ2n) is 25.5. The summed E-state index contributed by atoms with van der Waals surface area (Å²) >= 11 is 0. The Bertz CT molecular complexity index is 4770. The minimum Gasteiger partial charge on any atom is -0.654 e. The summed E-state index contributed by atoms with van der Waals surface area (Å²) in [7, 11) is 0. The van der Waals surface area contributed by atoms with Gasteiger partial charge in [-0.25, -0.2) is 0 Å². The van der Waals surface area contributed by atoms with Gasteiger partial charge in [-0.15, -0.1) is 26.2 Å². The fourth-order valence-electron chi connectivity index (χ4n) is 15.4. The van der Waals surface area contributed by atoms with Crippen molar-refractivity contribution in [2.75, 3.05) is 0 Å². The molecular formula is C86H76N4O4Y2-4. The smallest absolute Gasteiger partial charge is 0.141 e. The number of fused-ring (bicyclic) bond motifs is 12. The van der Waals surface area contributed by atoms with Crippen molar-refractivity contribution in [2.24, 2.45) is 0 Å². The maximum absolute atomic E-state index is 11.9. The van der Waals surface area contributed by atoms with Crippen LogP contribution in [0.2, 0.25) is 0 Å². The number of nitrogens with zero attached hydrogens (tertiary/aromatic N) is 4. The molecule has 2 aliphatic rings. The third-order valence-corrected chi connectivity index (χ3v) is 19.6. The molecule has 0 amide bonds. The second-order valence-corrected chi connectivity index (χ2v) is 25.5. The van der Waals surface area contributed by atoms with E-state index in [1.807, 2.05) is 98.8 Å². The summed E-state index contributed by atoms with van der Waals surface area (Å²) < 4.78 is 4.28. The van der Waals surface area contributed by atoms with Crippen LogP contribution < -0.4 is 0 Å². The van der Waals surface area contributed by atoms with Gasteiger partial charge >= 0.3 is 0 Å². The summed E-state index contributed by atoms with van der Waals surface area (Å²) in [5.74, 6) is 1.01. The van der Waals surface area contributed by atoms with Crippen LogP contribution in [-0.4, -0.2) is 29.6 Å². The van der Waals surface area contributed by atoms with E-state index in [0.29, 0.717) is 26.2 Å². The second kappa shape index (κ2) is 27.6. The van der Waals surface area contributed by atoms with Gasteiger partial charge in [0.05, 0.1) is 33.4 Å². The van der Waals surface area contributed by atoms with Crippen LogP contribution in [0.1, 0.15) is 91.7 Å². The maximum atomic E-state index is 11.9. The van der Waals surface area contributed by atoms with Gasteiger partial charge in [0.2, 0.25) is 0 Å². The van der Waals surface area contributed by atoms with Crippen LogP contribution in [0.25, 0.3) is 87.9 Å². The van der Waals surface area contributed by atoms with Gasteiger partial charge in [-0.3, -0.25) is 0 Å². The zero-order valence-corrected chi connectivity index (χ0v) is 61.3. The standard InChI is InChI=1S/C44H38NO2.C40H32N3O2.2CH3.2Y/c1-27-21-29(41(46)39(23-27)43(3)35-17-9-5-13-31(35)32-14-6-10-18-36(32)43)25-45-26-30-22-28(2)24-40(42(30)47)44(4)37-19-11-7-15-33(37)34-16-8-12-20-38(34)44;1-25-19-27(39(44)37(21-25)42-33-15-7-3-11-29(33)30-12-4-8-16-34(30)42)23-41-24-28-20-26(2)22-38(40(28)45)43-35-17-9-5-13-31(35)32-14-6-10-18-36(32)43;;;;/h5-24,46-47H,25-26H2,1-4H3;3-22,44-45H,23-24H2,1-2H3;2*1H3;;/q4*-1;;. The average Bonchev–Trinajstić information content (AvgIpc) is 1.59. The molecule has 10 heteroatoms. The Morgan fingerprint density at radius 3 is 0.802 bits per heavy atom. The van der Waals surface area contributed by atoms with Crippen molar-refractivity contribution in [1.82, 2.24) is 9.13 Å².